The molecule has 1 fully saturated rings. The molecule has 0 aromatic carbocycles. The summed E-state index contributed by atoms with van der Waals surface area (Å²) in [5.74, 6) is 1.36. The van der Waals surface area contributed by atoms with Gasteiger partial charge in [-0.05, 0) is 44.9 Å². The van der Waals surface area contributed by atoms with Crippen molar-refractivity contribution in [3.05, 3.63) is 36.8 Å². The third-order valence-corrected chi connectivity index (χ3v) is 5.11. The summed E-state index contributed by atoms with van der Waals surface area (Å²) in [5.41, 5.74) is 2.41. The van der Waals surface area contributed by atoms with Gasteiger partial charge in [0.15, 0.2) is 5.65 Å². The van der Waals surface area contributed by atoms with Crippen LogP contribution in [0.4, 0.5) is 10.6 Å². The number of ether oxygens (including phenoxy) is 2. The SMILES string of the molecule is COc1cnccc1-c1cnc2ccc(NC[C@@H]3CCCN3C(=O)OC(C)C)nn12. The largest absolute Gasteiger partial charge is 0.494 e. The fourth-order valence-corrected chi connectivity index (χ4v) is 3.69. The van der Waals surface area contributed by atoms with Crippen LogP contribution in [0.3, 0.4) is 0 Å². The van der Waals surface area contributed by atoms with Crippen molar-refractivity contribution in [2.24, 2.45) is 0 Å². The number of imidazole rings is 1. The number of pyridine rings is 1. The van der Waals surface area contributed by atoms with Crippen LogP contribution >= 0.6 is 0 Å². The summed E-state index contributed by atoms with van der Waals surface area (Å²) in [6.07, 6.45) is 6.68. The highest BCUT2D eigenvalue weighted by Crippen LogP contribution is 2.29. The number of nitrogens with one attached hydrogen (secondary N) is 1. The molecule has 9 heteroatoms. The number of hydrogen-bond acceptors (Lipinski definition) is 7. The summed E-state index contributed by atoms with van der Waals surface area (Å²) >= 11 is 0. The lowest BCUT2D eigenvalue weighted by molar-refractivity contribution is 0.0746. The van der Waals surface area contributed by atoms with Crippen LogP contribution in [0.1, 0.15) is 26.7 Å². The van der Waals surface area contributed by atoms with Crippen LogP contribution in [-0.4, -0.2) is 62.9 Å². The quantitative estimate of drug-likeness (QED) is 0.667. The molecular formula is C21H26N6O3. The molecule has 0 bridgehead atoms. The number of amides is 1. The second-order valence-corrected chi connectivity index (χ2v) is 7.51. The van der Waals surface area contributed by atoms with Gasteiger partial charge in [-0.15, -0.1) is 5.10 Å². The summed E-state index contributed by atoms with van der Waals surface area (Å²) in [6, 6.07) is 5.75. The van der Waals surface area contributed by atoms with Gasteiger partial charge in [-0.25, -0.2) is 14.3 Å². The van der Waals surface area contributed by atoms with E-state index in [1.807, 2.05) is 32.0 Å². The van der Waals surface area contributed by atoms with Crippen LogP contribution in [-0.2, 0) is 4.74 Å². The molecule has 1 atom stereocenters. The number of methoxy groups -OCH3 is 1. The van der Waals surface area contributed by atoms with Gasteiger partial charge in [-0.2, -0.15) is 0 Å². The third kappa shape index (κ3) is 4.00. The molecule has 1 N–H and O–H groups in total. The molecule has 0 saturated carbocycles. The Kier molecular flexibility index (Phi) is 5.69. The molecule has 1 aliphatic rings. The lowest BCUT2D eigenvalue weighted by Gasteiger charge is -2.25. The zero-order valence-electron chi connectivity index (χ0n) is 17.4. The Morgan fingerprint density at radius 3 is 2.97 bits per heavy atom. The summed E-state index contributed by atoms with van der Waals surface area (Å²) < 4.78 is 12.6. The first kappa shape index (κ1) is 19.9. The maximum atomic E-state index is 12.3. The lowest BCUT2D eigenvalue weighted by Crippen LogP contribution is -2.40. The molecule has 1 aliphatic heterocycles. The minimum absolute atomic E-state index is 0.0799. The van der Waals surface area contributed by atoms with Crippen LogP contribution in [0.25, 0.3) is 16.9 Å². The van der Waals surface area contributed by atoms with Crippen molar-refractivity contribution in [1.29, 1.82) is 0 Å². The van der Waals surface area contributed by atoms with Crippen LogP contribution in [0, 0.1) is 0 Å². The molecule has 3 aromatic heterocycles. The van der Waals surface area contributed by atoms with Crippen LogP contribution < -0.4 is 10.1 Å². The van der Waals surface area contributed by atoms with Gasteiger partial charge in [0, 0.05) is 24.8 Å². The molecule has 0 radical (unpaired) electrons. The molecule has 4 rings (SSSR count). The van der Waals surface area contributed by atoms with Crippen molar-refractivity contribution in [2.45, 2.75) is 38.8 Å². The van der Waals surface area contributed by atoms with Gasteiger partial charge < -0.3 is 19.7 Å². The molecule has 30 heavy (non-hydrogen) atoms. The van der Waals surface area contributed by atoms with Crippen molar-refractivity contribution in [3.8, 4) is 17.0 Å². The fraction of sp³-hybridized carbons (Fsp3) is 0.429. The molecule has 3 aromatic rings. The number of carbonyl (C=O) groups is 1. The molecule has 1 amide bonds. The molecule has 1 saturated heterocycles. The topological polar surface area (TPSA) is 93.9 Å². The number of hydrogen-bond donors (Lipinski definition) is 1. The number of anilines is 1. The zero-order chi connectivity index (χ0) is 21.1. The Balaban J connectivity index is 1.52. The van der Waals surface area contributed by atoms with Gasteiger partial charge in [0.25, 0.3) is 0 Å². The van der Waals surface area contributed by atoms with Crippen LogP contribution in [0.5, 0.6) is 5.75 Å². The van der Waals surface area contributed by atoms with Crippen molar-refractivity contribution in [1.82, 2.24) is 24.5 Å². The van der Waals surface area contributed by atoms with E-state index in [-0.39, 0.29) is 18.2 Å². The number of aromatic nitrogens is 4. The number of carbonyl (C=O) groups excluding carboxylic acids is 1. The van der Waals surface area contributed by atoms with Crippen LogP contribution in [0.15, 0.2) is 36.8 Å². The number of nitrogens with zero attached hydrogens (tertiary/aromatic N) is 5. The Morgan fingerprint density at radius 1 is 1.30 bits per heavy atom. The molecular weight excluding hydrogens is 384 g/mol. The number of rotatable bonds is 6. The highest BCUT2D eigenvalue weighted by Gasteiger charge is 2.30. The lowest BCUT2D eigenvalue weighted by atomic mass is 10.2. The Labute approximate surface area is 175 Å². The summed E-state index contributed by atoms with van der Waals surface area (Å²) in [4.78, 5) is 22.7. The minimum Gasteiger partial charge on any atom is -0.494 e. The van der Waals surface area contributed by atoms with E-state index in [1.165, 1.54) is 0 Å². The van der Waals surface area contributed by atoms with Crippen LogP contribution in [0.2, 0.25) is 0 Å². The smallest absolute Gasteiger partial charge is 0.410 e. The monoisotopic (exact) mass is 410 g/mol. The standard InChI is InChI=1S/C21H26N6O3/c1-14(2)30-21(28)26-10-4-5-15(26)11-23-19-6-7-20-24-12-17(27(20)25-19)16-8-9-22-13-18(16)29-3/h6-9,12-15H,4-5,10-11H2,1-3H3,(H,23,25)/t15-/m0/s1. The molecule has 0 unspecified atom stereocenters. The highest BCUT2D eigenvalue weighted by atomic mass is 16.6. The number of likely N-dealkylation sites (tertiary alicyclic amines) is 1. The summed E-state index contributed by atoms with van der Waals surface area (Å²) in [7, 11) is 1.61. The van der Waals surface area contributed by atoms with E-state index < -0.39 is 0 Å². The zero-order valence-corrected chi connectivity index (χ0v) is 17.4. The van der Waals surface area contributed by atoms with Crippen molar-refractivity contribution >= 4 is 17.6 Å². The number of fused-ring (bicyclic) bond motifs is 1. The van der Waals surface area contributed by atoms with Crippen molar-refractivity contribution in [2.75, 3.05) is 25.5 Å². The first-order valence-corrected chi connectivity index (χ1v) is 10.1. The normalized spacial score (nSPS) is 16.3. The van der Waals surface area contributed by atoms with Gasteiger partial charge in [-0.3, -0.25) is 4.98 Å². The molecule has 9 nitrogen and oxygen atoms in total. The molecule has 158 valence electrons. The van der Waals surface area contributed by atoms with Gasteiger partial charge >= 0.3 is 6.09 Å². The second-order valence-electron chi connectivity index (χ2n) is 7.51. The molecule has 4 heterocycles. The Hall–Kier alpha value is -3.36. The predicted octanol–water partition coefficient (Wildman–Crippen LogP) is 3.22. The Morgan fingerprint density at radius 2 is 2.17 bits per heavy atom. The summed E-state index contributed by atoms with van der Waals surface area (Å²) in [6.45, 7) is 5.05. The maximum Gasteiger partial charge on any atom is 0.410 e. The third-order valence-electron chi connectivity index (χ3n) is 5.11. The Bertz CT molecular complexity index is 1030. The van der Waals surface area contributed by atoms with E-state index in [1.54, 1.807) is 35.1 Å². The first-order chi connectivity index (χ1) is 14.6. The predicted molar refractivity (Wildman–Crippen MR) is 113 cm³/mol. The van der Waals surface area contributed by atoms with E-state index >= 15 is 0 Å². The van der Waals surface area contributed by atoms with Gasteiger partial charge in [-0.1, -0.05) is 0 Å². The van der Waals surface area contributed by atoms with E-state index in [0.29, 0.717) is 18.1 Å². The molecule has 0 aliphatic carbocycles. The van der Waals surface area contributed by atoms with E-state index in [2.05, 4.69) is 15.3 Å². The van der Waals surface area contributed by atoms with Crippen molar-refractivity contribution in [3.63, 3.8) is 0 Å². The first-order valence-electron chi connectivity index (χ1n) is 10.1. The summed E-state index contributed by atoms with van der Waals surface area (Å²) in [5, 5.41) is 8.06. The second kappa shape index (κ2) is 8.56. The van der Waals surface area contributed by atoms with Gasteiger partial charge in [0.05, 0.1) is 37.3 Å². The average Bonchev–Trinajstić information content (AvgIpc) is 3.38. The van der Waals surface area contributed by atoms with E-state index in [9.17, 15) is 4.79 Å². The highest BCUT2D eigenvalue weighted by molar-refractivity contribution is 5.69. The van der Waals surface area contributed by atoms with Gasteiger partial charge in [0.2, 0.25) is 0 Å². The van der Waals surface area contributed by atoms with Crippen molar-refractivity contribution < 1.29 is 14.3 Å². The molecule has 0 spiro atoms. The fourth-order valence-electron chi connectivity index (χ4n) is 3.69. The van der Waals surface area contributed by atoms with Gasteiger partial charge in [0.1, 0.15) is 11.6 Å². The maximum absolute atomic E-state index is 12.3. The minimum atomic E-state index is -0.251. The van der Waals surface area contributed by atoms with E-state index in [0.717, 1.165) is 36.3 Å². The van der Waals surface area contributed by atoms with E-state index in [4.69, 9.17) is 14.6 Å². The average molecular weight is 410 g/mol.